The molecule has 0 spiro atoms. The number of H-pyrrole nitrogens is 1. The van der Waals surface area contributed by atoms with E-state index in [1.807, 2.05) is 60.9 Å². The van der Waals surface area contributed by atoms with Gasteiger partial charge in [-0.25, -0.2) is 0 Å². The molecule has 4 aromatic rings. The van der Waals surface area contributed by atoms with Crippen LogP contribution in [0.3, 0.4) is 0 Å². The molecule has 0 aliphatic heterocycles. The molecule has 25 heavy (non-hydrogen) atoms. The molecule has 0 saturated carbocycles. The van der Waals surface area contributed by atoms with Gasteiger partial charge in [-0.2, -0.15) is 0 Å². The van der Waals surface area contributed by atoms with Crippen LogP contribution in [0.4, 0.5) is 5.69 Å². The van der Waals surface area contributed by atoms with E-state index in [9.17, 15) is 4.79 Å². The fourth-order valence-corrected chi connectivity index (χ4v) is 3.13. The molecule has 0 fully saturated rings. The molecule has 0 saturated heterocycles. The lowest BCUT2D eigenvalue weighted by molar-refractivity contribution is 0.102. The van der Waals surface area contributed by atoms with Crippen LogP contribution in [-0.2, 0) is 11.3 Å². The molecule has 1 amide bonds. The summed E-state index contributed by atoms with van der Waals surface area (Å²) >= 11 is 0. The van der Waals surface area contributed by atoms with Crippen molar-refractivity contribution in [3.05, 3.63) is 66.5 Å². The Balaban J connectivity index is 1.67. The van der Waals surface area contributed by atoms with Crippen LogP contribution in [0.1, 0.15) is 10.4 Å². The molecule has 2 aromatic heterocycles. The molecule has 0 aliphatic rings. The van der Waals surface area contributed by atoms with Crippen molar-refractivity contribution >= 4 is 33.4 Å². The van der Waals surface area contributed by atoms with E-state index in [0.717, 1.165) is 27.5 Å². The van der Waals surface area contributed by atoms with Crippen molar-refractivity contribution in [2.45, 2.75) is 6.54 Å². The lowest BCUT2D eigenvalue weighted by Gasteiger charge is -2.04. The van der Waals surface area contributed by atoms with E-state index in [1.54, 1.807) is 7.11 Å². The Bertz CT molecular complexity index is 1050. The molecular weight excluding hydrogens is 314 g/mol. The minimum Gasteiger partial charge on any atom is -0.383 e. The summed E-state index contributed by atoms with van der Waals surface area (Å²) in [5, 5.41) is 5.02. The Hall–Kier alpha value is -3.05. The van der Waals surface area contributed by atoms with Gasteiger partial charge in [0.05, 0.1) is 12.2 Å². The summed E-state index contributed by atoms with van der Waals surface area (Å²) in [4.78, 5) is 16.0. The predicted octanol–water partition coefficient (Wildman–Crippen LogP) is 4.02. The fraction of sp³-hybridized carbons (Fsp3) is 0.150. The summed E-state index contributed by atoms with van der Waals surface area (Å²) in [5.74, 6) is -0.109. The molecule has 126 valence electrons. The number of para-hydroxylation sites is 1. The minimum absolute atomic E-state index is 0.109. The average Bonchev–Trinajstić information content (AvgIpc) is 3.24. The highest BCUT2D eigenvalue weighted by Gasteiger charge is 2.15. The number of methoxy groups -OCH3 is 1. The zero-order valence-corrected chi connectivity index (χ0v) is 14.0. The first kappa shape index (κ1) is 15.5. The number of hydrogen-bond donors (Lipinski definition) is 2. The molecular formula is C20H19N3O2. The second-order valence-electron chi connectivity index (χ2n) is 5.98. The second kappa shape index (κ2) is 6.45. The van der Waals surface area contributed by atoms with E-state index < -0.39 is 0 Å². The third-order valence-electron chi connectivity index (χ3n) is 4.38. The summed E-state index contributed by atoms with van der Waals surface area (Å²) in [6.07, 6.45) is 3.79. The van der Waals surface area contributed by atoms with Gasteiger partial charge in [0.25, 0.3) is 5.91 Å². The van der Waals surface area contributed by atoms with Crippen molar-refractivity contribution in [2.75, 3.05) is 19.0 Å². The van der Waals surface area contributed by atoms with Crippen molar-refractivity contribution in [3.8, 4) is 0 Å². The van der Waals surface area contributed by atoms with Gasteiger partial charge in [0.2, 0.25) is 0 Å². The first-order valence-electron chi connectivity index (χ1n) is 8.21. The number of carbonyl (C=O) groups is 1. The Morgan fingerprint density at radius 3 is 2.96 bits per heavy atom. The zero-order valence-electron chi connectivity index (χ0n) is 14.0. The van der Waals surface area contributed by atoms with E-state index in [-0.39, 0.29) is 5.91 Å². The minimum atomic E-state index is -0.109. The van der Waals surface area contributed by atoms with Crippen LogP contribution in [0.2, 0.25) is 0 Å². The van der Waals surface area contributed by atoms with Crippen LogP contribution >= 0.6 is 0 Å². The van der Waals surface area contributed by atoms with Crippen molar-refractivity contribution < 1.29 is 9.53 Å². The number of aromatic amines is 1. The van der Waals surface area contributed by atoms with Crippen molar-refractivity contribution in [1.82, 2.24) is 9.55 Å². The number of hydrogen-bond acceptors (Lipinski definition) is 2. The Morgan fingerprint density at radius 2 is 2.08 bits per heavy atom. The monoisotopic (exact) mass is 333 g/mol. The van der Waals surface area contributed by atoms with E-state index in [1.165, 1.54) is 0 Å². The lowest BCUT2D eigenvalue weighted by atomic mass is 10.1. The number of ether oxygens (including phenoxy) is 1. The van der Waals surface area contributed by atoms with E-state index >= 15 is 0 Å². The molecule has 4 rings (SSSR count). The van der Waals surface area contributed by atoms with Gasteiger partial charge in [0.15, 0.2) is 0 Å². The molecule has 0 bridgehead atoms. The summed E-state index contributed by atoms with van der Waals surface area (Å²) in [6, 6.07) is 15.7. The molecule has 0 aliphatic carbocycles. The quantitative estimate of drug-likeness (QED) is 0.579. The zero-order chi connectivity index (χ0) is 17.2. The number of nitrogens with zero attached hydrogens (tertiary/aromatic N) is 1. The molecule has 0 atom stereocenters. The van der Waals surface area contributed by atoms with Crippen LogP contribution < -0.4 is 5.32 Å². The topological polar surface area (TPSA) is 59.0 Å². The van der Waals surface area contributed by atoms with Gasteiger partial charge in [-0.05, 0) is 30.3 Å². The largest absolute Gasteiger partial charge is 0.383 e. The van der Waals surface area contributed by atoms with E-state index in [0.29, 0.717) is 18.7 Å². The predicted molar refractivity (Wildman–Crippen MR) is 100 cm³/mol. The number of fused-ring (bicyclic) bond motifs is 2. The van der Waals surface area contributed by atoms with Gasteiger partial charge < -0.3 is 19.6 Å². The third-order valence-corrected chi connectivity index (χ3v) is 4.38. The summed E-state index contributed by atoms with van der Waals surface area (Å²) < 4.78 is 7.23. The number of carbonyl (C=O) groups excluding carboxylic acids is 1. The molecule has 2 heterocycles. The molecule has 2 N–H and O–H groups in total. The summed E-state index contributed by atoms with van der Waals surface area (Å²) in [6.45, 7) is 1.31. The van der Waals surface area contributed by atoms with Gasteiger partial charge >= 0.3 is 0 Å². The summed E-state index contributed by atoms with van der Waals surface area (Å²) in [7, 11) is 1.68. The normalized spacial score (nSPS) is 11.2. The highest BCUT2D eigenvalue weighted by atomic mass is 16.5. The fourth-order valence-electron chi connectivity index (χ4n) is 3.13. The molecule has 5 heteroatoms. The first-order chi connectivity index (χ1) is 12.3. The SMILES string of the molecule is COCCn1cc(C(=O)Nc2ccc3[nH]ccc3c2)c2ccccc21. The Labute approximate surface area is 145 Å². The van der Waals surface area contributed by atoms with Crippen LogP contribution in [-0.4, -0.2) is 29.2 Å². The number of amides is 1. The smallest absolute Gasteiger partial charge is 0.257 e. The van der Waals surface area contributed by atoms with Crippen LogP contribution in [0.25, 0.3) is 21.8 Å². The van der Waals surface area contributed by atoms with Gasteiger partial charge in [0.1, 0.15) is 0 Å². The van der Waals surface area contributed by atoms with Crippen molar-refractivity contribution in [3.63, 3.8) is 0 Å². The molecule has 0 unspecified atom stereocenters. The van der Waals surface area contributed by atoms with Crippen molar-refractivity contribution in [1.29, 1.82) is 0 Å². The molecule has 5 nitrogen and oxygen atoms in total. The van der Waals surface area contributed by atoms with E-state index in [4.69, 9.17) is 4.74 Å². The van der Waals surface area contributed by atoms with Crippen LogP contribution in [0.15, 0.2) is 60.9 Å². The number of anilines is 1. The number of aromatic nitrogens is 2. The Morgan fingerprint density at radius 1 is 1.20 bits per heavy atom. The van der Waals surface area contributed by atoms with Crippen LogP contribution in [0.5, 0.6) is 0 Å². The van der Waals surface area contributed by atoms with Gasteiger partial charge in [0, 0.05) is 53.5 Å². The maximum atomic E-state index is 12.8. The number of benzene rings is 2. The number of rotatable bonds is 5. The molecule has 2 aromatic carbocycles. The van der Waals surface area contributed by atoms with Gasteiger partial charge in [-0.3, -0.25) is 4.79 Å². The maximum absolute atomic E-state index is 12.8. The van der Waals surface area contributed by atoms with Crippen molar-refractivity contribution in [2.24, 2.45) is 0 Å². The van der Waals surface area contributed by atoms with Gasteiger partial charge in [-0.1, -0.05) is 18.2 Å². The standard InChI is InChI=1S/C20H19N3O2/c1-25-11-10-23-13-17(16-4-2-3-5-19(16)23)20(24)22-15-6-7-18-14(12-15)8-9-21-18/h2-9,12-13,21H,10-11H2,1H3,(H,22,24). The van der Waals surface area contributed by atoms with Gasteiger partial charge in [-0.15, -0.1) is 0 Å². The summed E-state index contributed by atoms with van der Waals surface area (Å²) in [5.41, 5.74) is 3.53. The Kier molecular flexibility index (Phi) is 3.99. The maximum Gasteiger partial charge on any atom is 0.257 e. The van der Waals surface area contributed by atoms with E-state index in [2.05, 4.69) is 14.9 Å². The highest BCUT2D eigenvalue weighted by Crippen LogP contribution is 2.23. The van der Waals surface area contributed by atoms with Crippen LogP contribution in [0, 0.1) is 0 Å². The first-order valence-corrected chi connectivity index (χ1v) is 8.21. The average molecular weight is 333 g/mol. The number of nitrogens with one attached hydrogen (secondary N) is 2. The lowest BCUT2D eigenvalue weighted by Crippen LogP contribution is -2.11. The third kappa shape index (κ3) is 2.90. The highest BCUT2D eigenvalue weighted by molar-refractivity contribution is 6.13. The molecule has 0 radical (unpaired) electrons. The second-order valence-corrected chi connectivity index (χ2v) is 5.98.